The van der Waals surface area contributed by atoms with Crippen LogP contribution in [0, 0.1) is 5.41 Å². The Hall–Kier alpha value is -0.610. The van der Waals surface area contributed by atoms with Gasteiger partial charge in [0.2, 0.25) is 0 Å². The van der Waals surface area contributed by atoms with Crippen molar-refractivity contribution in [2.75, 3.05) is 26.2 Å². The number of nitrogens with zero attached hydrogens (tertiary/aromatic N) is 1. The molecule has 2 aliphatic heterocycles. The van der Waals surface area contributed by atoms with E-state index in [0.29, 0.717) is 19.2 Å². The predicted octanol–water partition coefficient (Wildman–Crippen LogP) is 0.572. The molecule has 0 bridgehead atoms. The lowest BCUT2D eigenvalue weighted by Crippen LogP contribution is -2.60. The molecule has 0 saturated carbocycles. The molecular formula is C10H17NO3. The molecule has 2 fully saturated rings. The van der Waals surface area contributed by atoms with E-state index in [1.54, 1.807) is 6.92 Å². The zero-order valence-electron chi connectivity index (χ0n) is 8.53. The fourth-order valence-corrected chi connectivity index (χ4v) is 2.28. The molecule has 0 aliphatic carbocycles. The minimum Gasteiger partial charge on any atom is -0.481 e. The van der Waals surface area contributed by atoms with E-state index in [9.17, 15) is 4.79 Å². The Morgan fingerprint density at radius 3 is 2.86 bits per heavy atom. The molecule has 1 unspecified atom stereocenters. The summed E-state index contributed by atoms with van der Waals surface area (Å²) in [5, 5.41) is 8.91. The number of hydrogen-bond donors (Lipinski definition) is 1. The first-order valence-electron chi connectivity index (χ1n) is 5.17. The fraction of sp³-hybridized carbons (Fsp3) is 0.900. The quantitative estimate of drug-likeness (QED) is 0.722. The summed E-state index contributed by atoms with van der Waals surface area (Å²) in [6, 6.07) is 0. The molecule has 14 heavy (non-hydrogen) atoms. The average molecular weight is 199 g/mol. The summed E-state index contributed by atoms with van der Waals surface area (Å²) in [5.74, 6) is -0.680. The van der Waals surface area contributed by atoms with Crippen LogP contribution in [0.4, 0.5) is 0 Å². The molecule has 1 atom stereocenters. The van der Waals surface area contributed by atoms with E-state index in [1.807, 2.05) is 0 Å². The standard InChI is InChI=1S/C10H17NO3/c1-10(9(12)13)6-11(7-10)5-8-3-2-4-14-8/h8H,2-7H2,1H3,(H,12,13). The van der Waals surface area contributed by atoms with Gasteiger partial charge in [-0.3, -0.25) is 9.69 Å². The summed E-state index contributed by atoms with van der Waals surface area (Å²) in [5.41, 5.74) is -0.515. The lowest BCUT2D eigenvalue weighted by molar-refractivity contribution is -0.159. The number of rotatable bonds is 3. The Bertz CT molecular complexity index is 230. The minimum atomic E-state index is -0.680. The minimum absolute atomic E-state index is 0.341. The van der Waals surface area contributed by atoms with Crippen LogP contribution in [0.2, 0.25) is 0 Å². The second-order valence-electron chi connectivity index (χ2n) is 4.67. The van der Waals surface area contributed by atoms with Crippen molar-refractivity contribution in [2.24, 2.45) is 5.41 Å². The average Bonchev–Trinajstić information content (AvgIpc) is 2.53. The third kappa shape index (κ3) is 1.77. The summed E-state index contributed by atoms with van der Waals surface area (Å²) in [4.78, 5) is 13.0. The number of aliphatic carboxylic acids is 1. The van der Waals surface area contributed by atoms with E-state index in [1.165, 1.54) is 0 Å². The number of carboxylic acid groups (broad SMARTS) is 1. The van der Waals surface area contributed by atoms with Crippen LogP contribution in [0.5, 0.6) is 0 Å². The highest BCUT2D eigenvalue weighted by atomic mass is 16.5. The van der Waals surface area contributed by atoms with Crippen LogP contribution in [-0.2, 0) is 9.53 Å². The first-order chi connectivity index (χ1) is 6.60. The molecule has 4 nitrogen and oxygen atoms in total. The van der Waals surface area contributed by atoms with Gasteiger partial charge in [0.05, 0.1) is 11.5 Å². The van der Waals surface area contributed by atoms with Crippen molar-refractivity contribution in [3.8, 4) is 0 Å². The van der Waals surface area contributed by atoms with Crippen LogP contribution < -0.4 is 0 Å². The van der Waals surface area contributed by atoms with Crippen molar-refractivity contribution in [3.63, 3.8) is 0 Å². The summed E-state index contributed by atoms with van der Waals surface area (Å²) >= 11 is 0. The van der Waals surface area contributed by atoms with Gasteiger partial charge >= 0.3 is 5.97 Å². The summed E-state index contributed by atoms with van der Waals surface area (Å²) in [6.07, 6.45) is 2.61. The highest BCUT2D eigenvalue weighted by Crippen LogP contribution is 2.30. The van der Waals surface area contributed by atoms with E-state index >= 15 is 0 Å². The van der Waals surface area contributed by atoms with Crippen LogP contribution in [-0.4, -0.2) is 48.3 Å². The van der Waals surface area contributed by atoms with Gasteiger partial charge in [0.25, 0.3) is 0 Å². The SMILES string of the molecule is CC1(C(=O)O)CN(CC2CCCO2)C1. The molecule has 2 heterocycles. The summed E-state index contributed by atoms with van der Waals surface area (Å²) in [6.45, 7) is 4.92. The molecule has 80 valence electrons. The Morgan fingerprint density at radius 1 is 1.64 bits per heavy atom. The Balaban J connectivity index is 1.74. The van der Waals surface area contributed by atoms with Gasteiger partial charge in [-0.25, -0.2) is 0 Å². The van der Waals surface area contributed by atoms with Crippen LogP contribution in [0.15, 0.2) is 0 Å². The van der Waals surface area contributed by atoms with E-state index < -0.39 is 11.4 Å². The van der Waals surface area contributed by atoms with Gasteiger partial charge in [-0.2, -0.15) is 0 Å². The Morgan fingerprint density at radius 2 is 2.36 bits per heavy atom. The summed E-state index contributed by atoms with van der Waals surface area (Å²) in [7, 11) is 0. The smallest absolute Gasteiger partial charge is 0.311 e. The third-order valence-electron chi connectivity index (χ3n) is 3.15. The first-order valence-corrected chi connectivity index (χ1v) is 5.17. The van der Waals surface area contributed by atoms with Gasteiger partial charge in [0.15, 0.2) is 0 Å². The molecule has 2 saturated heterocycles. The normalized spacial score (nSPS) is 31.4. The number of ether oxygens (including phenoxy) is 1. The number of hydrogen-bond acceptors (Lipinski definition) is 3. The van der Waals surface area contributed by atoms with E-state index in [0.717, 1.165) is 26.0 Å². The largest absolute Gasteiger partial charge is 0.481 e. The molecule has 0 amide bonds. The first kappa shape index (κ1) is 9.93. The van der Waals surface area contributed by atoms with Crippen LogP contribution in [0.1, 0.15) is 19.8 Å². The highest BCUT2D eigenvalue weighted by Gasteiger charge is 2.45. The van der Waals surface area contributed by atoms with Gasteiger partial charge in [0.1, 0.15) is 0 Å². The van der Waals surface area contributed by atoms with Crippen LogP contribution in [0.25, 0.3) is 0 Å². The molecule has 0 spiro atoms. The Kier molecular flexibility index (Phi) is 2.49. The van der Waals surface area contributed by atoms with Crippen molar-refractivity contribution >= 4 is 5.97 Å². The summed E-state index contributed by atoms with van der Waals surface area (Å²) < 4.78 is 5.50. The van der Waals surface area contributed by atoms with Gasteiger partial charge < -0.3 is 9.84 Å². The van der Waals surface area contributed by atoms with Crippen molar-refractivity contribution in [1.29, 1.82) is 0 Å². The topological polar surface area (TPSA) is 49.8 Å². The van der Waals surface area contributed by atoms with E-state index in [2.05, 4.69) is 4.90 Å². The highest BCUT2D eigenvalue weighted by molar-refractivity contribution is 5.76. The maximum absolute atomic E-state index is 10.8. The molecule has 0 aromatic rings. The predicted molar refractivity (Wildman–Crippen MR) is 51.2 cm³/mol. The third-order valence-corrected chi connectivity index (χ3v) is 3.15. The molecule has 1 N–H and O–H groups in total. The van der Waals surface area contributed by atoms with Crippen molar-refractivity contribution in [3.05, 3.63) is 0 Å². The Labute approximate surface area is 83.8 Å². The fourth-order valence-electron chi connectivity index (χ4n) is 2.28. The lowest BCUT2D eigenvalue weighted by Gasteiger charge is -2.45. The molecule has 2 aliphatic rings. The van der Waals surface area contributed by atoms with E-state index in [-0.39, 0.29) is 0 Å². The van der Waals surface area contributed by atoms with Crippen molar-refractivity contribution < 1.29 is 14.6 Å². The molecule has 0 aromatic heterocycles. The molecular weight excluding hydrogens is 182 g/mol. The van der Waals surface area contributed by atoms with Gasteiger partial charge in [-0.1, -0.05) is 0 Å². The maximum Gasteiger partial charge on any atom is 0.311 e. The molecule has 0 aromatic carbocycles. The number of carbonyl (C=O) groups is 1. The van der Waals surface area contributed by atoms with Crippen molar-refractivity contribution in [1.82, 2.24) is 4.90 Å². The number of likely N-dealkylation sites (tertiary alicyclic amines) is 1. The second kappa shape index (κ2) is 3.51. The van der Waals surface area contributed by atoms with Crippen LogP contribution >= 0.6 is 0 Å². The van der Waals surface area contributed by atoms with Gasteiger partial charge in [-0.15, -0.1) is 0 Å². The molecule has 2 rings (SSSR count). The van der Waals surface area contributed by atoms with Gasteiger partial charge in [-0.05, 0) is 19.8 Å². The zero-order valence-corrected chi connectivity index (χ0v) is 8.53. The number of carboxylic acids is 1. The van der Waals surface area contributed by atoms with Gasteiger partial charge in [0, 0.05) is 26.2 Å². The second-order valence-corrected chi connectivity index (χ2v) is 4.67. The van der Waals surface area contributed by atoms with Crippen molar-refractivity contribution in [2.45, 2.75) is 25.9 Å². The monoisotopic (exact) mass is 199 g/mol. The molecule has 4 heteroatoms. The maximum atomic E-state index is 10.8. The van der Waals surface area contributed by atoms with Crippen LogP contribution in [0.3, 0.4) is 0 Å². The zero-order chi connectivity index (χ0) is 10.2. The lowest BCUT2D eigenvalue weighted by atomic mass is 9.82. The van der Waals surface area contributed by atoms with E-state index in [4.69, 9.17) is 9.84 Å². The molecule has 0 radical (unpaired) electrons.